The predicted molar refractivity (Wildman–Crippen MR) is 72.7 cm³/mol. The highest BCUT2D eigenvalue weighted by molar-refractivity contribution is 5.78. The van der Waals surface area contributed by atoms with Gasteiger partial charge in [0.25, 0.3) is 0 Å². The van der Waals surface area contributed by atoms with Crippen LogP contribution in [-0.4, -0.2) is 61.3 Å². The van der Waals surface area contributed by atoms with Crippen LogP contribution in [0.1, 0.15) is 33.1 Å². The molecule has 0 saturated heterocycles. The van der Waals surface area contributed by atoms with E-state index in [1.165, 1.54) is 0 Å². The van der Waals surface area contributed by atoms with Gasteiger partial charge >= 0.3 is 5.97 Å². The number of nitrogens with one attached hydrogen (secondary N) is 1. The SMILES string of the molecule is CCCN(CCO)CC(=O)NCCCC(=O)OCC. The quantitative estimate of drug-likeness (QED) is 0.414. The number of aliphatic hydroxyl groups is 1. The normalized spacial score (nSPS) is 10.5. The number of aliphatic hydroxyl groups excluding tert-OH is 1. The van der Waals surface area contributed by atoms with E-state index in [9.17, 15) is 9.59 Å². The average Bonchev–Trinajstić information content (AvgIpc) is 2.35. The zero-order chi connectivity index (χ0) is 14.5. The highest BCUT2D eigenvalue weighted by Gasteiger charge is 2.09. The molecule has 0 bridgehead atoms. The molecule has 6 nitrogen and oxygen atoms in total. The van der Waals surface area contributed by atoms with Crippen LogP contribution >= 0.6 is 0 Å². The molecule has 1 amide bonds. The fourth-order valence-corrected chi connectivity index (χ4v) is 1.68. The average molecular weight is 274 g/mol. The van der Waals surface area contributed by atoms with Crippen LogP contribution in [0.4, 0.5) is 0 Å². The Labute approximate surface area is 115 Å². The fourth-order valence-electron chi connectivity index (χ4n) is 1.68. The number of hydrogen-bond acceptors (Lipinski definition) is 5. The zero-order valence-corrected chi connectivity index (χ0v) is 12.0. The summed E-state index contributed by atoms with van der Waals surface area (Å²) in [6.07, 6.45) is 1.85. The van der Waals surface area contributed by atoms with Crippen LogP contribution < -0.4 is 5.32 Å². The Kier molecular flexibility index (Phi) is 11.2. The molecular formula is C13H26N2O4. The van der Waals surface area contributed by atoms with Gasteiger partial charge < -0.3 is 15.2 Å². The number of ether oxygens (including phenoxy) is 1. The molecule has 0 unspecified atom stereocenters. The van der Waals surface area contributed by atoms with Gasteiger partial charge in [0, 0.05) is 19.5 Å². The van der Waals surface area contributed by atoms with Crippen molar-refractivity contribution in [2.75, 3.05) is 39.4 Å². The molecule has 6 heteroatoms. The van der Waals surface area contributed by atoms with Crippen molar-refractivity contribution in [1.29, 1.82) is 0 Å². The first-order chi connectivity index (χ1) is 9.13. The molecule has 112 valence electrons. The number of carbonyl (C=O) groups excluding carboxylic acids is 2. The van der Waals surface area contributed by atoms with E-state index in [1.807, 2.05) is 11.8 Å². The summed E-state index contributed by atoms with van der Waals surface area (Å²) in [4.78, 5) is 24.6. The van der Waals surface area contributed by atoms with E-state index in [4.69, 9.17) is 9.84 Å². The van der Waals surface area contributed by atoms with Crippen molar-refractivity contribution in [2.24, 2.45) is 0 Å². The topological polar surface area (TPSA) is 78.9 Å². The van der Waals surface area contributed by atoms with Gasteiger partial charge in [0.15, 0.2) is 0 Å². The maximum atomic E-state index is 11.6. The van der Waals surface area contributed by atoms with Gasteiger partial charge in [-0.05, 0) is 26.3 Å². The van der Waals surface area contributed by atoms with Crippen LogP contribution in [-0.2, 0) is 14.3 Å². The molecule has 0 aliphatic rings. The van der Waals surface area contributed by atoms with E-state index in [0.717, 1.165) is 13.0 Å². The molecule has 0 fully saturated rings. The molecule has 0 aliphatic heterocycles. The minimum Gasteiger partial charge on any atom is -0.466 e. The number of carbonyl (C=O) groups is 2. The van der Waals surface area contributed by atoms with Crippen LogP contribution in [0, 0.1) is 0 Å². The lowest BCUT2D eigenvalue weighted by atomic mass is 10.3. The molecule has 0 aromatic heterocycles. The second-order valence-electron chi connectivity index (χ2n) is 4.26. The number of esters is 1. The van der Waals surface area contributed by atoms with Gasteiger partial charge in [-0.2, -0.15) is 0 Å². The minimum atomic E-state index is -0.232. The van der Waals surface area contributed by atoms with Crippen molar-refractivity contribution in [3.8, 4) is 0 Å². The van der Waals surface area contributed by atoms with Crippen molar-refractivity contribution in [1.82, 2.24) is 10.2 Å². The van der Waals surface area contributed by atoms with Crippen molar-refractivity contribution < 1.29 is 19.4 Å². The number of rotatable bonds is 11. The summed E-state index contributed by atoms with van der Waals surface area (Å²) >= 11 is 0. The van der Waals surface area contributed by atoms with E-state index in [-0.39, 0.29) is 25.0 Å². The Balaban J connectivity index is 3.69. The molecule has 2 N–H and O–H groups in total. The largest absolute Gasteiger partial charge is 0.466 e. The second kappa shape index (κ2) is 11.9. The maximum absolute atomic E-state index is 11.6. The van der Waals surface area contributed by atoms with E-state index < -0.39 is 0 Å². The third kappa shape index (κ3) is 10.5. The van der Waals surface area contributed by atoms with Crippen LogP contribution in [0.5, 0.6) is 0 Å². The summed E-state index contributed by atoms with van der Waals surface area (Å²) in [5.74, 6) is -0.310. The molecule has 0 aliphatic carbocycles. The van der Waals surface area contributed by atoms with Crippen LogP contribution in [0.2, 0.25) is 0 Å². The summed E-state index contributed by atoms with van der Waals surface area (Å²) in [7, 11) is 0. The Morgan fingerprint density at radius 3 is 2.58 bits per heavy atom. The van der Waals surface area contributed by atoms with E-state index in [1.54, 1.807) is 6.92 Å². The monoisotopic (exact) mass is 274 g/mol. The third-order valence-electron chi connectivity index (χ3n) is 2.51. The summed E-state index contributed by atoms with van der Waals surface area (Å²) in [5, 5.41) is 11.6. The lowest BCUT2D eigenvalue weighted by molar-refractivity contribution is -0.143. The van der Waals surface area contributed by atoms with Crippen LogP contribution in [0.25, 0.3) is 0 Å². The lowest BCUT2D eigenvalue weighted by Crippen LogP contribution is -2.39. The highest BCUT2D eigenvalue weighted by Crippen LogP contribution is 1.93. The van der Waals surface area contributed by atoms with Crippen molar-refractivity contribution >= 4 is 11.9 Å². The first-order valence-corrected chi connectivity index (χ1v) is 6.89. The van der Waals surface area contributed by atoms with Gasteiger partial charge in [-0.15, -0.1) is 0 Å². The Morgan fingerprint density at radius 2 is 2.00 bits per heavy atom. The molecule has 0 saturated carbocycles. The standard InChI is InChI=1S/C13H26N2O4/c1-3-8-15(9-10-16)11-12(17)14-7-5-6-13(18)19-4-2/h16H,3-11H2,1-2H3,(H,14,17). The maximum Gasteiger partial charge on any atom is 0.305 e. The Bertz CT molecular complexity index is 253. The Hall–Kier alpha value is -1.14. The van der Waals surface area contributed by atoms with E-state index in [0.29, 0.717) is 32.5 Å². The second-order valence-corrected chi connectivity index (χ2v) is 4.26. The first kappa shape index (κ1) is 17.9. The molecule has 0 aromatic rings. The summed E-state index contributed by atoms with van der Waals surface area (Å²) in [5.41, 5.74) is 0. The van der Waals surface area contributed by atoms with Crippen molar-refractivity contribution in [2.45, 2.75) is 33.1 Å². The Morgan fingerprint density at radius 1 is 1.26 bits per heavy atom. The molecular weight excluding hydrogens is 248 g/mol. The van der Waals surface area contributed by atoms with Gasteiger partial charge in [-0.3, -0.25) is 14.5 Å². The van der Waals surface area contributed by atoms with Crippen molar-refractivity contribution in [3.05, 3.63) is 0 Å². The van der Waals surface area contributed by atoms with Gasteiger partial charge in [0.05, 0.1) is 19.8 Å². The third-order valence-corrected chi connectivity index (χ3v) is 2.51. The van der Waals surface area contributed by atoms with Gasteiger partial charge in [0.1, 0.15) is 0 Å². The van der Waals surface area contributed by atoms with Gasteiger partial charge in [-0.1, -0.05) is 6.92 Å². The lowest BCUT2D eigenvalue weighted by Gasteiger charge is -2.19. The van der Waals surface area contributed by atoms with Crippen LogP contribution in [0.15, 0.2) is 0 Å². The van der Waals surface area contributed by atoms with Gasteiger partial charge in [-0.25, -0.2) is 0 Å². The minimum absolute atomic E-state index is 0.0517. The van der Waals surface area contributed by atoms with Crippen molar-refractivity contribution in [3.63, 3.8) is 0 Å². The number of hydrogen-bond donors (Lipinski definition) is 2. The van der Waals surface area contributed by atoms with Crippen LogP contribution in [0.3, 0.4) is 0 Å². The molecule has 0 radical (unpaired) electrons. The molecule has 0 rings (SSSR count). The smallest absolute Gasteiger partial charge is 0.305 e. The summed E-state index contributed by atoms with van der Waals surface area (Å²) in [6.45, 7) is 6.28. The van der Waals surface area contributed by atoms with E-state index in [2.05, 4.69) is 5.32 Å². The van der Waals surface area contributed by atoms with Gasteiger partial charge in [0.2, 0.25) is 5.91 Å². The molecule has 19 heavy (non-hydrogen) atoms. The molecule has 0 atom stereocenters. The first-order valence-electron chi connectivity index (χ1n) is 6.89. The number of nitrogens with zero attached hydrogens (tertiary/aromatic N) is 1. The summed E-state index contributed by atoms with van der Waals surface area (Å²) < 4.78 is 4.79. The predicted octanol–water partition coefficient (Wildman–Crippen LogP) is 0.150. The summed E-state index contributed by atoms with van der Waals surface area (Å²) in [6, 6.07) is 0. The number of amides is 1. The molecule has 0 spiro atoms. The molecule has 0 aromatic carbocycles. The molecule has 0 heterocycles. The zero-order valence-electron chi connectivity index (χ0n) is 12.0. The van der Waals surface area contributed by atoms with E-state index >= 15 is 0 Å². The highest BCUT2D eigenvalue weighted by atomic mass is 16.5. The fraction of sp³-hybridized carbons (Fsp3) is 0.846.